The molecule has 114 valence electrons. The molecule has 0 aliphatic carbocycles. The van der Waals surface area contributed by atoms with Crippen LogP contribution in [0.25, 0.3) is 0 Å². The standard InChI is InChI=1S/C17H25N3O/c1-4-20(5-2)13-14(3)19-17(21)16-11-7-6-9-15(16)10-8-12-18/h6-7,9,11,14H,4-5,12-13,18H2,1-3H3,(H,19,21). The van der Waals surface area contributed by atoms with Crippen molar-refractivity contribution in [3.05, 3.63) is 35.4 Å². The van der Waals surface area contributed by atoms with Gasteiger partial charge >= 0.3 is 0 Å². The van der Waals surface area contributed by atoms with Crippen LogP contribution in [0.3, 0.4) is 0 Å². The fourth-order valence-electron chi connectivity index (χ4n) is 2.15. The Morgan fingerprint density at radius 2 is 2.00 bits per heavy atom. The molecule has 1 aromatic carbocycles. The van der Waals surface area contributed by atoms with E-state index in [1.165, 1.54) is 0 Å². The summed E-state index contributed by atoms with van der Waals surface area (Å²) in [7, 11) is 0. The molecule has 0 aliphatic heterocycles. The van der Waals surface area contributed by atoms with E-state index in [2.05, 4.69) is 35.9 Å². The third kappa shape index (κ3) is 5.58. The maximum atomic E-state index is 12.4. The van der Waals surface area contributed by atoms with E-state index in [0.717, 1.165) is 25.2 Å². The number of nitrogens with zero attached hydrogens (tertiary/aromatic N) is 1. The maximum absolute atomic E-state index is 12.4. The average molecular weight is 287 g/mol. The highest BCUT2D eigenvalue weighted by molar-refractivity contribution is 5.96. The van der Waals surface area contributed by atoms with E-state index in [1.54, 1.807) is 6.07 Å². The molecule has 0 radical (unpaired) electrons. The van der Waals surface area contributed by atoms with Crippen LogP contribution in [0.1, 0.15) is 36.7 Å². The van der Waals surface area contributed by atoms with Gasteiger partial charge in [0.1, 0.15) is 0 Å². The molecule has 4 nitrogen and oxygen atoms in total. The van der Waals surface area contributed by atoms with Gasteiger partial charge in [0, 0.05) is 18.2 Å². The van der Waals surface area contributed by atoms with Crippen LogP contribution in [-0.4, -0.2) is 43.0 Å². The van der Waals surface area contributed by atoms with Gasteiger partial charge in [-0.15, -0.1) is 0 Å². The Bertz CT molecular complexity index is 512. The number of rotatable bonds is 6. The van der Waals surface area contributed by atoms with Crippen molar-refractivity contribution in [1.29, 1.82) is 0 Å². The molecule has 0 bridgehead atoms. The summed E-state index contributed by atoms with van der Waals surface area (Å²) in [6.07, 6.45) is 0. The van der Waals surface area contributed by atoms with Gasteiger partial charge in [0.05, 0.1) is 12.1 Å². The van der Waals surface area contributed by atoms with Crippen LogP contribution in [-0.2, 0) is 0 Å². The number of likely N-dealkylation sites (N-methyl/N-ethyl adjacent to an activating group) is 1. The zero-order valence-corrected chi connectivity index (χ0v) is 13.1. The number of carbonyl (C=O) groups excluding carboxylic acids is 1. The van der Waals surface area contributed by atoms with Crippen molar-refractivity contribution in [3.63, 3.8) is 0 Å². The summed E-state index contributed by atoms with van der Waals surface area (Å²) in [5.74, 6) is 5.65. The molecule has 1 rings (SSSR count). The van der Waals surface area contributed by atoms with Crippen molar-refractivity contribution in [2.24, 2.45) is 5.73 Å². The fraction of sp³-hybridized carbons (Fsp3) is 0.471. The highest BCUT2D eigenvalue weighted by atomic mass is 16.1. The first kappa shape index (κ1) is 17.2. The smallest absolute Gasteiger partial charge is 0.252 e. The normalized spacial score (nSPS) is 11.7. The molecule has 0 saturated heterocycles. The molecule has 0 heterocycles. The predicted molar refractivity (Wildman–Crippen MR) is 87.1 cm³/mol. The quantitative estimate of drug-likeness (QED) is 0.779. The van der Waals surface area contributed by atoms with Crippen molar-refractivity contribution in [2.45, 2.75) is 26.8 Å². The number of hydrogen-bond donors (Lipinski definition) is 2. The van der Waals surface area contributed by atoms with Gasteiger partial charge in [-0.2, -0.15) is 0 Å². The monoisotopic (exact) mass is 287 g/mol. The van der Waals surface area contributed by atoms with Gasteiger partial charge in [-0.25, -0.2) is 0 Å². The molecule has 1 unspecified atom stereocenters. The fourth-order valence-corrected chi connectivity index (χ4v) is 2.15. The van der Waals surface area contributed by atoms with Crippen LogP contribution in [0.4, 0.5) is 0 Å². The summed E-state index contributed by atoms with van der Waals surface area (Å²) in [4.78, 5) is 14.7. The van der Waals surface area contributed by atoms with E-state index in [9.17, 15) is 4.79 Å². The van der Waals surface area contributed by atoms with Gasteiger partial charge in [0.2, 0.25) is 0 Å². The lowest BCUT2D eigenvalue weighted by molar-refractivity contribution is 0.0930. The molecule has 0 saturated carbocycles. The summed E-state index contributed by atoms with van der Waals surface area (Å²) in [5.41, 5.74) is 6.71. The largest absolute Gasteiger partial charge is 0.348 e. The van der Waals surface area contributed by atoms with Gasteiger partial charge in [-0.3, -0.25) is 4.79 Å². The van der Waals surface area contributed by atoms with Crippen molar-refractivity contribution in [2.75, 3.05) is 26.2 Å². The summed E-state index contributed by atoms with van der Waals surface area (Å²) in [6.45, 7) is 9.35. The van der Waals surface area contributed by atoms with Gasteiger partial charge in [-0.1, -0.05) is 37.8 Å². The molecule has 3 N–H and O–H groups in total. The van der Waals surface area contributed by atoms with Crippen LogP contribution < -0.4 is 11.1 Å². The minimum Gasteiger partial charge on any atom is -0.348 e. The first-order valence-electron chi connectivity index (χ1n) is 7.43. The minimum atomic E-state index is -0.0865. The van der Waals surface area contributed by atoms with Crippen molar-refractivity contribution < 1.29 is 4.79 Å². The SMILES string of the molecule is CCN(CC)CC(C)NC(=O)c1ccccc1C#CCN. The molecular formula is C17H25N3O. The summed E-state index contributed by atoms with van der Waals surface area (Å²) in [5, 5.41) is 3.03. The predicted octanol–water partition coefficient (Wildman–Crippen LogP) is 1.46. The summed E-state index contributed by atoms with van der Waals surface area (Å²) < 4.78 is 0. The lowest BCUT2D eigenvalue weighted by atomic mass is 10.1. The van der Waals surface area contributed by atoms with Gasteiger partial charge < -0.3 is 16.0 Å². The van der Waals surface area contributed by atoms with E-state index in [-0.39, 0.29) is 18.5 Å². The summed E-state index contributed by atoms with van der Waals surface area (Å²) in [6, 6.07) is 7.44. The van der Waals surface area contributed by atoms with E-state index in [1.807, 2.05) is 25.1 Å². The number of hydrogen-bond acceptors (Lipinski definition) is 3. The van der Waals surface area contributed by atoms with Gasteiger partial charge in [-0.05, 0) is 32.1 Å². The van der Waals surface area contributed by atoms with Gasteiger partial charge in [0.15, 0.2) is 0 Å². The molecule has 0 aromatic heterocycles. The first-order valence-corrected chi connectivity index (χ1v) is 7.43. The highest BCUT2D eigenvalue weighted by Gasteiger charge is 2.14. The molecular weight excluding hydrogens is 262 g/mol. The Hall–Kier alpha value is -1.83. The summed E-state index contributed by atoms with van der Waals surface area (Å²) >= 11 is 0. The number of carbonyl (C=O) groups is 1. The Kier molecular flexibility index (Phi) is 7.52. The third-order valence-corrected chi connectivity index (χ3v) is 3.30. The van der Waals surface area contributed by atoms with E-state index in [0.29, 0.717) is 5.56 Å². The van der Waals surface area contributed by atoms with Crippen LogP contribution >= 0.6 is 0 Å². The Morgan fingerprint density at radius 3 is 2.62 bits per heavy atom. The number of amides is 1. The molecule has 4 heteroatoms. The molecule has 0 spiro atoms. The van der Waals surface area contributed by atoms with Crippen LogP contribution in [0.5, 0.6) is 0 Å². The highest BCUT2D eigenvalue weighted by Crippen LogP contribution is 2.07. The van der Waals surface area contributed by atoms with Gasteiger partial charge in [0.25, 0.3) is 5.91 Å². The average Bonchev–Trinajstić information content (AvgIpc) is 2.50. The maximum Gasteiger partial charge on any atom is 0.252 e. The number of nitrogens with two attached hydrogens (primary N) is 1. The second-order valence-corrected chi connectivity index (χ2v) is 4.91. The van der Waals surface area contributed by atoms with Crippen LogP contribution in [0.15, 0.2) is 24.3 Å². The Labute approximate surface area is 127 Å². The number of nitrogens with one attached hydrogen (secondary N) is 1. The van der Waals surface area contributed by atoms with E-state index >= 15 is 0 Å². The molecule has 21 heavy (non-hydrogen) atoms. The third-order valence-electron chi connectivity index (χ3n) is 3.30. The Balaban J connectivity index is 2.75. The molecule has 0 aliphatic rings. The second-order valence-electron chi connectivity index (χ2n) is 4.91. The lowest BCUT2D eigenvalue weighted by Crippen LogP contribution is -2.42. The molecule has 1 amide bonds. The number of benzene rings is 1. The minimum absolute atomic E-state index is 0.0865. The Morgan fingerprint density at radius 1 is 1.33 bits per heavy atom. The second kappa shape index (κ2) is 9.17. The van der Waals surface area contributed by atoms with Crippen molar-refractivity contribution in [1.82, 2.24) is 10.2 Å². The zero-order chi connectivity index (χ0) is 15.7. The van der Waals surface area contributed by atoms with E-state index in [4.69, 9.17) is 5.73 Å². The lowest BCUT2D eigenvalue weighted by Gasteiger charge is -2.23. The first-order chi connectivity index (χ1) is 10.1. The van der Waals surface area contributed by atoms with Crippen LogP contribution in [0, 0.1) is 11.8 Å². The topological polar surface area (TPSA) is 58.4 Å². The molecule has 1 aromatic rings. The van der Waals surface area contributed by atoms with Crippen molar-refractivity contribution >= 4 is 5.91 Å². The zero-order valence-electron chi connectivity index (χ0n) is 13.1. The molecule has 0 fully saturated rings. The van der Waals surface area contributed by atoms with Crippen molar-refractivity contribution in [3.8, 4) is 11.8 Å². The van der Waals surface area contributed by atoms with Crippen LogP contribution in [0.2, 0.25) is 0 Å². The molecule has 1 atom stereocenters. The van der Waals surface area contributed by atoms with E-state index < -0.39 is 0 Å².